The highest BCUT2D eigenvalue weighted by Gasteiger charge is 2.21. The summed E-state index contributed by atoms with van der Waals surface area (Å²) in [6.07, 6.45) is 4.13. The molecule has 11 aromatic rings. The van der Waals surface area contributed by atoms with Crippen LogP contribution < -0.4 is 0 Å². The first kappa shape index (κ1) is 36.6. The number of allylic oxidation sites excluding steroid dienone is 1. The molecule has 0 atom stereocenters. The molecule has 6 heteroatoms. The molecule has 3 heterocycles. The number of hydrogen-bond donors (Lipinski definition) is 1. The fourth-order valence-electron chi connectivity index (χ4n) is 8.37. The van der Waals surface area contributed by atoms with Gasteiger partial charge >= 0.3 is 0 Å². The van der Waals surface area contributed by atoms with Gasteiger partial charge in [-0.2, -0.15) is 0 Å². The van der Waals surface area contributed by atoms with Crippen molar-refractivity contribution in [1.82, 2.24) is 14.5 Å². The molecule has 0 saturated heterocycles. The van der Waals surface area contributed by atoms with Gasteiger partial charge in [0.05, 0.1) is 39.2 Å². The van der Waals surface area contributed by atoms with Gasteiger partial charge in [-0.15, -0.1) is 0 Å². The van der Waals surface area contributed by atoms with Crippen molar-refractivity contribution < 1.29 is 4.42 Å². The van der Waals surface area contributed by atoms with Gasteiger partial charge in [-0.05, 0) is 54.1 Å². The average molecular weight is 796 g/mol. The van der Waals surface area contributed by atoms with Crippen LogP contribution in [-0.4, -0.2) is 26.1 Å². The molecule has 0 radical (unpaired) electrons. The van der Waals surface area contributed by atoms with Crippen LogP contribution in [0.3, 0.4) is 0 Å². The number of furan rings is 1. The molecule has 62 heavy (non-hydrogen) atoms. The molecular weight excluding hydrogens is 759 g/mol. The van der Waals surface area contributed by atoms with E-state index in [0.717, 1.165) is 94.2 Å². The van der Waals surface area contributed by atoms with E-state index >= 15 is 0 Å². The van der Waals surface area contributed by atoms with Crippen LogP contribution in [0.2, 0.25) is 0 Å². The van der Waals surface area contributed by atoms with Crippen molar-refractivity contribution in [2.45, 2.75) is 0 Å². The molecule has 0 amide bonds. The first-order valence-electron chi connectivity index (χ1n) is 20.6. The summed E-state index contributed by atoms with van der Waals surface area (Å²) in [7, 11) is 0. The number of para-hydroxylation sites is 2. The highest BCUT2D eigenvalue weighted by Crippen LogP contribution is 2.41. The number of rotatable bonds is 8. The Kier molecular flexibility index (Phi) is 9.21. The molecule has 292 valence electrons. The van der Waals surface area contributed by atoms with Crippen LogP contribution >= 0.6 is 0 Å². The number of aliphatic imine (C=N–C) groups is 1. The Hall–Kier alpha value is -8.48. The maximum absolute atomic E-state index is 9.02. The summed E-state index contributed by atoms with van der Waals surface area (Å²) in [5.41, 5.74) is 12.6. The van der Waals surface area contributed by atoms with Gasteiger partial charge in [0.2, 0.25) is 0 Å². The van der Waals surface area contributed by atoms with Crippen LogP contribution in [0.15, 0.2) is 222 Å². The number of benzene rings is 8. The van der Waals surface area contributed by atoms with E-state index in [-0.39, 0.29) is 5.84 Å². The van der Waals surface area contributed by atoms with Crippen molar-refractivity contribution in [3.05, 3.63) is 229 Å². The molecule has 0 unspecified atom stereocenters. The third-order valence-electron chi connectivity index (χ3n) is 11.3. The fourth-order valence-corrected chi connectivity index (χ4v) is 8.37. The quantitative estimate of drug-likeness (QED) is 0.123. The largest absolute Gasteiger partial charge is 0.455 e. The van der Waals surface area contributed by atoms with Gasteiger partial charge in [-0.1, -0.05) is 170 Å². The Labute approximate surface area is 358 Å². The van der Waals surface area contributed by atoms with Gasteiger partial charge in [0.25, 0.3) is 0 Å². The second-order valence-electron chi connectivity index (χ2n) is 15.2. The lowest BCUT2D eigenvalue weighted by Gasteiger charge is -2.15. The van der Waals surface area contributed by atoms with Gasteiger partial charge in [0, 0.05) is 44.0 Å². The van der Waals surface area contributed by atoms with Crippen LogP contribution in [0.5, 0.6) is 0 Å². The second-order valence-corrected chi connectivity index (χ2v) is 15.2. The smallest absolute Gasteiger partial charge is 0.160 e. The monoisotopic (exact) mass is 795 g/mol. The summed E-state index contributed by atoms with van der Waals surface area (Å²) < 4.78 is 8.98. The predicted octanol–water partition coefficient (Wildman–Crippen LogP) is 14.0. The van der Waals surface area contributed by atoms with Gasteiger partial charge in [-0.3, -0.25) is 5.41 Å². The van der Waals surface area contributed by atoms with Crippen molar-refractivity contribution in [3.8, 4) is 39.6 Å². The molecule has 0 saturated carbocycles. The van der Waals surface area contributed by atoms with Crippen molar-refractivity contribution >= 4 is 61.4 Å². The SMILES string of the molecule is N=C(/N=C(\C=C\c1cc(-c2cc(-c3ccccc3)nc(-c3ccccc3)n2)ccc1-n1c2ccccc2c2c3oc4ccccc4c3ccc21)c1ccccc1)c1ccccc1. The van der Waals surface area contributed by atoms with Gasteiger partial charge in [0.1, 0.15) is 11.2 Å². The minimum absolute atomic E-state index is 0.184. The van der Waals surface area contributed by atoms with E-state index in [1.165, 1.54) is 0 Å². The summed E-state index contributed by atoms with van der Waals surface area (Å²) >= 11 is 0. The third-order valence-corrected chi connectivity index (χ3v) is 11.3. The zero-order chi connectivity index (χ0) is 41.4. The maximum atomic E-state index is 9.02. The molecule has 0 spiro atoms. The van der Waals surface area contributed by atoms with E-state index in [0.29, 0.717) is 11.5 Å². The molecule has 11 rings (SSSR count). The van der Waals surface area contributed by atoms with E-state index in [9.17, 15) is 0 Å². The lowest BCUT2D eigenvalue weighted by Crippen LogP contribution is -2.04. The number of hydrogen-bond acceptors (Lipinski definition) is 4. The molecule has 1 N–H and O–H groups in total. The Balaban J connectivity index is 1.15. The number of amidine groups is 1. The highest BCUT2D eigenvalue weighted by molar-refractivity contribution is 6.24. The molecule has 3 aromatic heterocycles. The minimum atomic E-state index is 0.184. The van der Waals surface area contributed by atoms with E-state index in [2.05, 4.69) is 95.6 Å². The first-order valence-corrected chi connectivity index (χ1v) is 20.6. The number of nitrogens with zero attached hydrogens (tertiary/aromatic N) is 4. The Morgan fingerprint density at radius 3 is 1.87 bits per heavy atom. The zero-order valence-electron chi connectivity index (χ0n) is 33.5. The molecule has 6 nitrogen and oxygen atoms in total. The van der Waals surface area contributed by atoms with Gasteiger partial charge in [-0.25, -0.2) is 15.0 Å². The van der Waals surface area contributed by atoms with Crippen LogP contribution in [0.4, 0.5) is 0 Å². The van der Waals surface area contributed by atoms with Crippen molar-refractivity contribution in [3.63, 3.8) is 0 Å². The molecular formula is C56H37N5O. The highest BCUT2D eigenvalue weighted by atomic mass is 16.3. The molecule has 0 fully saturated rings. The van der Waals surface area contributed by atoms with Crippen LogP contribution in [0, 0.1) is 5.41 Å². The molecule has 0 aliphatic rings. The van der Waals surface area contributed by atoms with Gasteiger partial charge in [0.15, 0.2) is 11.7 Å². The van der Waals surface area contributed by atoms with Crippen molar-refractivity contribution in [2.24, 2.45) is 4.99 Å². The summed E-state index contributed by atoms with van der Waals surface area (Å²) in [6, 6.07) is 69.8. The summed E-state index contributed by atoms with van der Waals surface area (Å²) in [4.78, 5) is 15.2. The molecule has 8 aromatic carbocycles. The Morgan fingerprint density at radius 1 is 0.516 bits per heavy atom. The standard InChI is InChI=1S/C56H37N5O/c57-55(39-21-9-3-10-22-39)58-46(37-17-5-1-6-18-37)32-29-42-35-41(48-36-47(38-19-7-2-8-20-38)59-56(60-48)40-23-11-4-12-24-40)30-33-49(42)61-50-27-15-13-26-45(50)53-51(61)34-31-44-43-25-14-16-28-52(43)62-54(44)53/h1-36,57H/b32-29+,57-55?,58-46+. The second kappa shape index (κ2) is 15.6. The molecule has 0 bridgehead atoms. The van der Waals surface area contributed by atoms with Crippen molar-refractivity contribution in [2.75, 3.05) is 0 Å². The maximum Gasteiger partial charge on any atom is 0.160 e. The average Bonchev–Trinajstić information content (AvgIpc) is 3.89. The van der Waals surface area contributed by atoms with Crippen molar-refractivity contribution in [1.29, 1.82) is 5.41 Å². The fraction of sp³-hybridized carbons (Fsp3) is 0. The summed E-state index contributed by atoms with van der Waals surface area (Å²) in [5, 5.41) is 13.4. The van der Waals surface area contributed by atoms with Crippen LogP contribution in [0.25, 0.3) is 89.4 Å². The Morgan fingerprint density at radius 2 is 1.13 bits per heavy atom. The topological polar surface area (TPSA) is 80.1 Å². The van der Waals surface area contributed by atoms with Crippen LogP contribution in [-0.2, 0) is 0 Å². The normalized spacial score (nSPS) is 12.0. The van der Waals surface area contributed by atoms with E-state index in [1.54, 1.807) is 0 Å². The minimum Gasteiger partial charge on any atom is -0.455 e. The lowest BCUT2D eigenvalue weighted by molar-refractivity contribution is 0.673. The van der Waals surface area contributed by atoms with E-state index in [4.69, 9.17) is 24.8 Å². The first-order chi connectivity index (χ1) is 30.7. The molecule has 0 aliphatic carbocycles. The number of fused-ring (bicyclic) bond motifs is 7. The van der Waals surface area contributed by atoms with Gasteiger partial charge < -0.3 is 8.98 Å². The summed E-state index contributed by atoms with van der Waals surface area (Å²) in [6.45, 7) is 0. The summed E-state index contributed by atoms with van der Waals surface area (Å²) in [5.74, 6) is 0.835. The predicted molar refractivity (Wildman–Crippen MR) is 255 cm³/mol. The Bertz CT molecular complexity index is 3460. The number of aromatic nitrogens is 3. The van der Waals surface area contributed by atoms with E-state index in [1.807, 2.05) is 127 Å². The third kappa shape index (κ3) is 6.66. The lowest BCUT2D eigenvalue weighted by atomic mass is 10.0. The van der Waals surface area contributed by atoms with Crippen LogP contribution in [0.1, 0.15) is 16.7 Å². The van der Waals surface area contributed by atoms with E-state index < -0.39 is 0 Å². The molecule has 0 aliphatic heterocycles. The zero-order valence-corrected chi connectivity index (χ0v) is 33.5. The number of nitrogens with one attached hydrogen (secondary N) is 1.